The van der Waals surface area contributed by atoms with Gasteiger partial charge >= 0.3 is 0 Å². The van der Waals surface area contributed by atoms with Gasteiger partial charge in [-0.2, -0.15) is 0 Å². The van der Waals surface area contributed by atoms with Crippen molar-refractivity contribution in [3.63, 3.8) is 0 Å². The van der Waals surface area contributed by atoms with E-state index in [1.807, 2.05) is 25.7 Å². The van der Waals surface area contributed by atoms with Gasteiger partial charge in [0.15, 0.2) is 11.6 Å². The molecule has 0 fully saturated rings. The molecular weight excluding hydrogens is 229 g/mol. The first kappa shape index (κ1) is 14.6. The summed E-state index contributed by atoms with van der Waals surface area (Å²) in [5, 5.41) is 2.96. The van der Waals surface area contributed by atoms with Gasteiger partial charge in [-0.05, 0) is 33.9 Å². The molecule has 0 aliphatic rings. The maximum Gasteiger partial charge on any atom is 0.170 e. The lowest BCUT2D eigenvalue weighted by atomic mass is 10.1. The molecule has 0 saturated heterocycles. The van der Waals surface area contributed by atoms with Crippen LogP contribution in [0.15, 0.2) is 24.9 Å². The van der Waals surface area contributed by atoms with Gasteiger partial charge in [-0.3, -0.25) is 0 Å². The molecule has 1 aromatic rings. The predicted octanol–water partition coefficient (Wildman–Crippen LogP) is 2.73. The van der Waals surface area contributed by atoms with E-state index < -0.39 is 0 Å². The Morgan fingerprint density at radius 3 is 2.67 bits per heavy atom. The lowest BCUT2D eigenvalue weighted by molar-refractivity contribution is 0.497. The molecule has 4 heteroatoms. The van der Waals surface area contributed by atoms with Crippen molar-refractivity contribution in [2.45, 2.75) is 32.9 Å². The average molecular weight is 251 g/mol. The summed E-state index contributed by atoms with van der Waals surface area (Å²) in [5.74, 6) is 0.124. The van der Waals surface area contributed by atoms with Crippen LogP contribution in [-0.4, -0.2) is 24.1 Å². The van der Waals surface area contributed by atoms with Crippen LogP contribution in [0.2, 0.25) is 0 Å². The molecule has 0 aliphatic heterocycles. The van der Waals surface area contributed by atoms with E-state index in [4.69, 9.17) is 0 Å². The van der Waals surface area contributed by atoms with Gasteiger partial charge in [0.1, 0.15) is 0 Å². The highest BCUT2D eigenvalue weighted by molar-refractivity contribution is 5.46. The largest absolute Gasteiger partial charge is 0.346 e. The van der Waals surface area contributed by atoms with Gasteiger partial charge in [0.05, 0.1) is 0 Å². The van der Waals surface area contributed by atoms with Gasteiger partial charge in [-0.1, -0.05) is 6.08 Å². The Morgan fingerprint density at radius 2 is 2.17 bits per heavy atom. The predicted molar refractivity (Wildman–Crippen MR) is 74.3 cm³/mol. The van der Waals surface area contributed by atoms with E-state index in [-0.39, 0.29) is 11.4 Å². The van der Waals surface area contributed by atoms with Crippen LogP contribution in [0, 0.1) is 5.82 Å². The number of nitrogens with zero attached hydrogens (tertiary/aromatic N) is 2. The van der Waals surface area contributed by atoms with Crippen LogP contribution in [-0.2, 0) is 6.54 Å². The molecule has 1 N–H and O–H groups in total. The summed E-state index contributed by atoms with van der Waals surface area (Å²) in [7, 11) is 1.80. The highest BCUT2D eigenvalue weighted by atomic mass is 19.1. The summed E-state index contributed by atoms with van der Waals surface area (Å²) in [6, 6.07) is 1.70. The molecule has 3 nitrogen and oxygen atoms in total. The Bertz CT molecular complexity index is 410. The average Bonchev–Trinajstić information content (AvgIpc) is 2.28. The minimum absolute atomic E-state index is 0.208. The molecule has 1 heterocycles. The van der Waals surface area contributed by atoms with Crippen LogP contribution >= 0.6 is 0 Å². The Balaban J connectivity index is 3.20. The van der Waals surface area contributed by atoms with Gasteiger partial charge in [0.2, 0.25) is 0 Å². The maximum atomic E-state index is 14.4. The van der Waals surface area contributed by atoms with Gasteiger partial charge in [-0.15, -0.1) is 6.58 Å². The van der Waals surface area contributed by atoms with Gasteiger partial charge < -0.3 is 10.2 Å². The lowest BCUT2D eigenvalue weighted by Crippen LogP contribution is -2.42. The first-order chi connectivity index (χ1) is 8.41. The zero-order valence-electron chi connectivity index (χ0n) is 11.6. The fourth-order valence-corrected chi connectivity index (χ4v) is 1.79. The SMILES string of the molecule is C=CCN(c1nccc(CNC)c1F)C(C)(C)C. The molecule has 100 valence electrons. The molecule has 0 spiro atoms. The highest BCUT2D eigenvalue weighted by Crippen LogP contribution is 2.26. The quantitative estimate of drug-likeness (QED) is 0.816. The summed E-state index contributed by atoms with van der Waals surface area (Å²) < 4.78 is 14.4. The van der Waals surface area contributed by atoms with Crippen LogP contribution in [0.3, 0.4) is 0 Å². The van der Waals surface area contributed by atoms with Crippen molar-refractivity contribution in [3.8, 4) is 0 Å². The lowest BCUT2D eigenvalue weighted by Gasteiger charge is -2.36. The van der Waals surface area contributed by atoms with Crippen molar-refractivity contribution in [2.24, 2.45) is 0 Å². The zero-order chi connectivity index (χ0) is 13.8. The number of pyridine rings is 1. The number of anilines is 1. The van der Waals surface area contributed by atoms with E-state index in [2.05, 4.69) is 16.9 Å². The molecule has 0 atom stereocenters. The third-order valence-corrected chi connectivity index (χ3v) is 2.70. The number of aromatic nitrogens is 1. The molecule has 0 aliphatic carbocycles. The Hall–Kier alpha value is -1.42. The maximum absolute atomic E-state index is 14.4. The molecule has 18 heavy (non-hydrogen) atoms. The van der Waals surface area contributed by atoms with Crippen LogP contribution in [0.5, 0.6) is 0 Å². The molecule has 1 aromatic heterocycles. The van der Waals surface area contributed by atoms with E-state index in [1.54, 1.807) is 25.4 Å². The number of nitrogens with one attached hydrogen (secondary N) is 1. The number of rotatable bonds is 5. The van der Waals surface area contributed by atoms with Crippen LogP contribution < -0.4 is 10.2 Å². The fraction of sp³-hybridized carbons (Fsp3) is 0.500. The molecule has 0 saturated carbocycles. The first-order valence-electron chi connectivity index (χ1n) is 6.08. The van der Waals surface area contributed by atoms with Crippen molar-refractivity contribution in [2.75, 3.05) is 18.5 Å². The van der Waals surface area contributed by atoms with Gasteiger partial charge in [0, 0.05) is 30.4 Å². The van der Waals surface area contributed by atoms with E-state index in [0.717, 1.165) is 0 Å². The Kier molecular flexibility index (Phi) is 4.84. The third-order valence-electron chi connectivity index (χ3n) is 2.70. The van der Waals surface area contributed by atoms with Crippen molar-refractivity contribution in [1.29, 1.82) is 0 Å². The molecule has 1 rings (SSSR count). The highest BCUT2D eigenvalue weighted by Gasteiger charge is 2.25. The standard InChI is InChI=1S/C14H22FN3/c1-6-9-18(14(2,3)4)13-12(15)11(10-16-5)7-8-17-13/h6-8,16H,1,9-10H2,2-5H3. The first-order valence-corrected chi connectivity index (χ1v) is 6.08. The van der Waals surface area contributed by atoms with E-state index in [9.17, 15) is 4.39 Å². The normalized spacial score (nSPS) is 11.4. The molecule has 0 unspecified atom stereocenters. The summed E-state index contributed by atoms with van der Waals surface area (Å²) in [6.45, 7) is 10.9. The monoisotopic (exact) mass is 251 g/mol. The minimum atomic E-state index is -0.261. The van der Waals surface area contributed by atoms with Crippen molar-refractivity contribution in [3.05, 3.63) is 36.3 Å². The summed E-state index contributed by atoms with van der Waals surface area (Å²) in [6.07, 6.45) is 3.41. The van der Waals surface area contributed by atoms with Gasteiger partial charge in [-0.25, -0.2) is 9.37 Å². The Morgan fingerprint density at radius 1 is 1.50 bits per heavy atom. The minimum Gasteiger partial charge on any atom is -0.346 e. The smallest absolute Gasteiger partial charge is 0.170 e. The van der Waals surface area contributed by atoms with Crippen LogP contribution in [0.1, 0.15) is 26.3 Å². The van der Waals surface area contributed by atoms with E-state index in [0.29, 0.717) is 24.5 Å². The van der Waals surface area contributed by atoms with E-state index >= 15 is 0 Å². The molecular formula is C14H22FN3. The second-order valence-electron chi connectivity index (χ2n) is 5.21. The summed E-state index contributed by atoms with van der Waals surface area (Å²) >= 11 is 0. The summed E-state index contributed by atoms with van der Waals surface area (Å²) in [4.78, 5) is 6.09. The second-order valence-corrected chi connectivity index (χ2v) is 5.21. The van der Waals surface area contributed by atoms with E-state index in [1.165, 1.54) is 0 Å². The summed E-state index contributed by atoms with van der Waals surface area (Å²) in [5.41, 5.74) is 0.418. The van der Waals surface area contributed by atoms with Crippen molar-refractivity contribution >= 4 is 5.82 Å². The topological polar surface area (TPSA) is 28.2 Å². The van der Waals surface area contributed by atoms with Gasteiger partial charge in [0.25, 0.3) is 0 Å². The number of hydrogen-bond acceptors (Lipinski definition) is 3. The number of halogens is 1. The van der Waals surface area contributed by atoms with Crippen LogP contribution in [0.25, 0.3) is 0 Å². The third kappa shape index (κ3) is 3.29. The molecule has 0 amide bonds. The fourth-order valence-electron chi connectivity index (χ4n) is 1.79. The van der Waals surface area contributed by atoms with Crippen molar-refractivity contribution < 1.29 is 4.39 Å². The van der Waals surface area contributed by atoms with Crippen molar-refractivity contribution in [1.82, 2.24) is 10.3 Å². The second kappa shape index (κ2) is 5.96. The number of hydrogen-bond donors (Lipinski definition) is 1. The molecule has 0 bridgehead atoms. The van der Waals surface area contributed by atoms with Crippen LogP contribution in [0.4, 0.5) is 10.2 Å². The molecule has 0 aromatic carbocycles. The zero-order valence-corrected chi connectivity index (χ0v) is 11.6. The molecule has 0 radical (unpaired) electrons. The Labute approximate surface area is 109 Å².